The van der Waals surface area contributed by atoms with Gasteiger partial charge in [0.2, 0.25) is 0 Å². The molecule has 6 heteroatoms. The molecule has 0 fully saturated rings. The molecule has 19 heavy (non-hydrogen) atoms. The summed E-state index contributed by atoms with van der Waals surface area (Å²) in [5.74, 6) is 0. The average molecular weight is 325 g/mol. The molecule has 5 nitrogen and oxygen atoms in total. The van der Waals surface area contributed by atoms with Gasteiger partial charge in [-0.25, -0.2) is 0 Å². The van der Waals surface area contributed by atoms with Crippen molar-refractivity contribution in [3.63, 3.8) is 0 Å². The van der Waals surface area contributed by atoms with Crippen LogP contribution in [0.1, 0.15) is 17.4 Å². The van der Waals surface area contributed by atoms with Crippen LogP contribution in [0.5, 0.6) is 0 Å². The number of aromatic nitrogens is 3. The van der Waals surface area contributed by atoms with Gasteiger partial charge < -0.3 is 10.0 Å². The highest BCUT2D eigenvalue weighted by molar-refractivity contribution is 9.10. The summed E-state index contributed by atoms with van der Waals surface area (Å²) in [5, 5.41) is 14.8. The van der Waals surface area contributed by atoms with Crippen LogP contribution >= 0.6 is 15.9 Å². The van der Waals surface area contributed by atoms with Gasteiger partial charge in [0.05, 0.1) is 22.9 Å². The van der Waals surface area contributed by atoms with E-state index in [1.54, 1.807) is 30.7 Å². The van der Waals surface area contributed by atoms with Crippen LogP contribution in [-0.4, -0.2) is 45.4 Å². The first-order valence-electron chi connectivity index (χ1n) is 6.03. The minimum atomic E-state index is -0.706. The molecule has 0 radical (unpaired) electrons. The lowest BCUT2D eigenvalue weighted by Crippen LogP contribution is -2.21. The van der Waals surface area contributed by atoms with Crippen LogP contribution in [-0.2, 0) is 6.54 Å². The molecule has 0 saturated heterocycles. The Labute approximate surface area is 121 Å². The molecule has 1 atom stereocenters. The Morgan fingerprint density at radius 2 is 2.05 bits per heavy atom. The van der Waals surface area contributed by atoms with Crippen LogP contribution in [0.2, 0.25) is 0 Å². The summed E-state index contributed by atoms with van der Waals surface area (Å²) >= 11 is 3.45. The number of rotatable bonds is 5. The molecule has 0 aliphatic rings. The Bertz CT molecular complexity index is 527. The molecule has 0 aliphatic heterocycles. The van der Waals surface area contributed by atoms with E-state index in [1.165, 1.54) is 0 Å². The van der Waals surface area contributed by atoms with Gasteiger partial charge in [0.25, 0.3) is 0 Å². The van der Waals surface area contributed by atoms with Gasteiger partial charge in [0.15, 0.2) is 0 Å². The molecule has 2 aromatic heterocycles. The van der Waals surface area contributed by atoms with Gasteiger partial charge in [-0.05, 0) is 47.7 Å². The zero-order valence-corrected chi connectivity index (χ0v) is 12.6. The quantitative estimate of drug-likeness (QED) is 0.909. The van der Waals surface area contributed by atoms with Crippen molar-refractivity contribution >= 4 is 15.9 Å². The van der Waals surface area contributed by atoms with Gasteiger partial charge in [0.1, 0.15) is 6.10 Å². The molecule has 2 aromatic rings. The van der Waals surface area contributed by atoms with Gasteiger partial charge in [-0.2, -0.15) is 5.10 Å². The fourth-order valence-electron chi connectivity index (χ4n) is 1.82. The first-order valence-corrected chi connectivity index (χ1v) is 6.83. The second kappa shape index (κ2) is 6.27. The summed E-state index contributed by atoms with van der Waals surface area (Å²) in [6, 6.07) is 3.61. The van der Waals surface area contributed by atoms with Crippen molar-refractivity contribution in [2.24, 2.45) is 0 Å². The zero-order valence-electron chi connectivity index (χ0n) is 11.0. The van der Waals surface area contributed by atoms with Crippen LogP contribution < -0.4 is 0 Å². The first kappa shape index (κ1) is 14.2. The molecular weight excluding hydrogens is 308 g/mol. The molecule has 2 heterocycles. The maximum absolute atomic E-state index is 10.5. The summed E-state index contributed by atoms with van der Waals surface area (Å²) in [6.45, 7) is 1.60. The fourth-order valence-corrected chi connectivity index (χ4v) is 2.33. The number of hydrogen-bond acceptors (Lipinski definition) is 4. The predicted octanol–water partition coefficient (Wildman–Crippen LogP) is 1.68. The van der Waals surface area contributed by atoms with Crippen molar-refractivity contribution < 1.29 is 5.11 Å². The zero-order chi connectivity index (χ0) is 13.8. The van der Waals surface area contributed by atoms with Crippen LogP contribution in [0, 0.1) is 0 Å². The van der Waals surface area contributed by atoms with Crippen molar-refractivity contribution in [1.29, 1.82) is 0 Å². The van der Waals surface area contributed by atoms with Crippen molar-refractivity contribution in [3.8, 4) is 0 Å². The summed E-state index contributed by atoms with van der Waals surface area (Å²) < 4.78 is 2.64. The Morgan fingerprint density at radius 3 is 2.68 bits per heavy atom. The van der Waals surface area contributed by atoms with Crippen molar-refractivity contribution in [2.45, 2.75) is 12.6 Å². The number of aliphatic hydroxyl groups excluding tert-OH is 1. The van der Waals surface area contributed by atoms with E-state index in [4.69, 9.17) is 0 Å². The minimum absolute atomic E-state index is 0.706. The topological polar surface area (TPSA) is 54.2 Å². The predicted molar refractivity (Wildman–Crippen MR) is 76.8 cm³/mol. The Hall–Kier alpha value is -1.24. The number of halogens is 1. The van der Waals surface area contributed by atoms with E-state index in [0.717, 1.165) is 28.8 Å². The number of hydrogen-bond donors (Lipinski definition) is 1. The molecule has 0 bridgehead atoms. The second-order valence-corrected chi connectivity index (χ2v) is 5.44. The highest BCUT2D eigenvalue weighted by Crippen LogP contribution is 2.28. The summed E-state index contributed by atoms with van der Waals surface area (Å²) in [7, 11) is 4.02. The average Bonchev–Trinajstić information content (AvgIpc) is 2.78. The van der Waals surface area contributed by atoms with E-state index in [1.807, 2.05) is 18.8 Å². The largest absolute Gasteiger partial charge is 0.382 e. The summed E-state index contributed by atoms with van der Waals surface area (Å²) in [4.78, 5) is 6.04. The normalized spacial score (nSPS) is 12.9. The van der Waals surface area contributed by atoms with Crippen molar-refractivity contribution in [2.75, 3.05) is 20.6 Å². The molecule has 0 spiro atoms. The third-order valence-electron chi connectivity index (χ3n) is 2.87. The Kier molecular flexibility index (Phi) is 4.68. The van der Waals surface area contributed by atoms with E-state index >= 15 is 0 Å². The third-order valence-corrected chi connectivity index (χ3v) is 3.48. The van der Waals surface area contributed by atoms with Gasteiger partial charge >= 0.3 is 0 Å². The highest BCUT2D eigenvalue weighted by atomic mass is 79.9. The van der Waals surface area contributed by atoms with Gasteiger partial charge in [-0.3, -0.25) is 9.67 Å². The van der Waals surface area contributed by atoms with E-state index in [-0.39, 0.29) is 0 Å². The molecule has 0 aliphatic carbocycles. The molecule has 0 aromatic carbocycles. The van der Waals surface area contributed by atoms with E-state index in [0.29, 0.717) is 0 Å². The SMILES string of the molecule is CN(C)CCn1ncc(Br)c1C(O)c1ccncc1. The molecule has 1 N–H and O–H groups in total. The summed E-state index contributed by atoms with van der Waals surface area (Å²) in [6.07, 6.45) is 4.36. The van der Waals surface area contributed by atoms with Crippen LogP contribution in [0.3, 0.4) is 0 Å². The Morgan fingerprint density at radius 1 is 1.37 bits per heavy atom. The summed E-state index contributed by atoms with van der Waals surface area (Å²) in [5.41, 5.74) is 1.58. The molecule has 0 amide bonds. The third kappa shape index (κ3) is 3.40. The van der Waals surface area contributed by atoms with Gasteiger partial charge in [-0.15, -0.1) is 0 Å². The number of likely N-dealkylation sites (N-methyl/N-ethyl adjacent to an activating group) is 1. The maximum Gasteiger partial charge on any atom is 0.122 e. The lowest BCUT2D eigenvalue weighted by molar-refractivity contribution is 0.204. The molecule has 102 valence electrons. The van der Waals surface area contributed by atoms with Crippen molar-refractivity contribution in [1.82, 2.24) is 19.7 Å². The highest BCUT2D eigenvalue weighted by Gasteiger charge is 2.19. The molecule has 2 rings (SSSR count). The van der Waals surface area contributed by atoms with Crippen molar-refractivity contribution in [3.05, 3.63) is 46.5 Å². The van der Waals surface area contributed by atoms with E-state index < -0.39 is 6.10 Å². The Balaban J connectivity index is 2.26. The van der Waals surface area contributed by atoms with E-state index in [2.05, 4.69) is 30.9 Å². The number of pyridine rings is 1. The first-order chi connectivity index (χ1) is 9.09. The van der Waals surface area contributed by atoms with Crippen LogP contribution in [0.25, 0.3) is 0 Å². The fraction of sp³-hybridized carbons (Fsp3) is 0.385. The molecular formula is C13H17BrN4O. The van der Waals surface area contributed by atoms with Gasteiger partial charge in [0, 0.05) is 18.9 Å². The lowest BCUT2D eigenvalue weighted by Gasteiger charge is -2.16. The smallest absolute Gasteiger partial charge is 0.122 e. The standard InChI is InChI=1S/C13H17BrN4O/c1-17(2)7-8-18-12(11(14)9-16-18)13(19)10-3-5-15-6-4-10/h3-6,9,13,19H,7-8H2,1-2H3. The van der Waals surface area contributed by atoms with Crippen LogP contribution in [0.15, 0.2) is 35.2 Å². The molecule has 0 saturated carbocycles. The lowest BCUT2D eigenvalue weighted by atomic mass is 10.1. The van der Waals surface area contributed by atoms with Gasteiger partial charge in [-0.1, -0.05) is 0 Å². The number of nitrogens with zero attached hydrogens (tertiary/aromatic N) is 4. The monoisotopic (exact) mass is 324 g/mol. The maximum atomic E-state index is 10.5. The molecule has 1 unspecified atom stereocenters. The van der Waals surface area contributed by atoms with E-state index in [9.17, 15) is 5.11 Å². The minimum Gasteiger partial charge on any atom is -0.382 e. The number of aliphatic hydroxyl groups is 1. The second-order valence-electron chi connectivity index (χ2n) is 4.59. The van der Waals surface area contributed by atoms with Crippen LogP contribution in [0.4, 0.5) is 0 Å².